The second-order valence-electron chi connectivity index (χ2n) is 5.93. The third-order valence-electron chi connectivity index (χ3n) is 4.06. The van der Waals surface area contributed by atoms with Crippen LogP contribution in [0.25, 0.3) is 5.65 Å². The Balaban J connectivity index is 1.48. The number of carbonyl (C=O) groups excluding carboxylic acids is 1. The highest BCUT2D eigenvalue weighted by Gasteiger charge is 2.35. The molecule has 3 heterocycles. The summed E-state index contributed by atoms with van der Waals surface area (Å²) in [6.07, 6.45) is 0.256. The van der Waals surface area contributed by atoms with Crippen molar-refractivity contribution in [3.8, 4) is 11.5 Å². The molecule has 7 nitrogen and oxygen atoms in total. The average molecular weight is 352 g/mol. The van der Waals surface area contributed by atoms with Crippen molar-refractivity contribution in [1.82, 2.24) is 9.38 Å². The van der Waals surface area contributed by atoms with Gasteiger partial charge in [-0.3, -0.25) is 9.20 Å². The number of ether oxygens (including phenoxy) is 3. The Bertz CT molecular complexity index is 1030. The van der Waals surface area contributed by atoms with Gasteiger partial charge >= 0.3 is 5.97 Å². The molecule has 26 heavy (non-hydrogen) atoms. The van der Waals surface area contributed by atoms with Crippen molar-refractivity contribution in [3.63, 3.8) is 0 Å². The Labute approximate surface area is 148 Å². The summed E-state index contributed by atoms with van der Waals surface area (Å²) in [6.45, 7) is 1.62. The maximum Gasteiger partial charge on any atom is 0.351 e. The molecule has 0 saturated heterocycles. The minimum Gasteiger partial charge on any atom is -0.482 e. The molecule has 0 bridgehead atoms. The van der Waals surface area contributed by atoms with Gasteiger partial charge in [-0.25, -0.2) is 9.78 Å². The number of nitrogens with zero attached hydrogens (tertiary/aromatic N) is 2. The number of benzene rings is 1. The quantitative estimate of drug-likeness (QED) is 0.671. The van der Waals surface area contributed by atoms with E-state index in [1.807, 2.05) is 6.07 Å². The average Bonchev–Trinajstić information content (AvgIpc) is 2.65. The van der Waals surface area contributed by atoms with Gasteiger partial charge in [0.2, 0.25) is 6.10 Å². The molecule has 0 amide bonds. The molecule has 0 N–H and O–H groups in total. The van der Waals surface area contributed by atoms with Crippen LogP contribution in [0.2, 0.25) is 0 Å². The molecule has 2 atom stereocenters. The summed E-state index contributed by atoms with van der Waals surface area (Å²) in [5.41, 5.74) is 0.631. The highest BCUT2D eigenvalue weighted by molar-refractivity contribution is 5.76. The zero-order chi connectivity index (χ0) is 18.1. The maximum absolute atomic E-state index is 12.4. The molecule has 0 saturated carbocycles. The Morgan fingerprint density at radius 3 is 2.69 bits per heavy atom. The van der Waals surface area contributed by atoms with E-state index >= 15 is 0 Å². The molecule has 0 spiro atoms. The van der Waals surface area contributed by atoms with Crippen LogP contribution in [0.5, 0.6) is 11.5 Å². The Morgan fingerprint density at radius 1 is 1.15 bits per heavy atom. The van der Waals surface area contributed by atoms with Crippen molar-refractivity contribution >= 4 is 11.6 Å². The van der Waals surface area contributed by atoms with Crippen LogP contribution in [0.1, 0.15) is 12.6 Å². The lowest BCUT2D eigenvalue weighted by atomic mass is 10.2. The van der Waals surface area contributed by atoms with Crippen molar-refractivity contribution in [1.29, 1.82) is 0 Å². The molecule has 2 aromatic heterocycles. The lowest BCUT2D eigenvalue weighted by Gasteiger charge is -2.30. The second kappa shape index (κ2) is 6.51. The van der Waals surface area contributed by atoms with Crippen molar-refractivity contribution in [2.75, 3.05) is 0 Å². The molecule has 1 aliphatic heterocycles. The van der Waals surface area contributed by atoms with Gasteiger partial charge in [0.05, 0.1) is 5.69 Å². The van der Waals surface area contributed by atoms with Crippen molar-refractivity contribution in [2.45, 2.75) is 25.7 Å². The van der Waals surface area contributed by atoms with Crippen LogP contribution >= 0.6 is 0 Å². The lowest BCUT2D eigenvalue weighted by Crippen LogP contribution is -2.44. The fourth-order valence-corrected chi connectivity index (χ4v) is 2.78. The summed E-state index contributed by atoms with van der Waals surface area (Å²) >= 11 is 0. The normalized spacial score (nSPS) is 18.5. The van der Waals surface area contributed by atoms with E-state index in [2.05, 4.69) is 4.98 Å². The monoisotopic (exact) mass is 352 g/mol. The topological polar surface area (TPSA) is 79.1 Å². The van der Waals surface area contributed by atoms with Crippen LogP contribution in [0, 0.1) is 0 Å². The summed E-state index contributed by atoms with van der Waals surface area (Å²) in [5.74, 6) is 0.518. The van der Waals surface area contributed by atoms with Gasteiger partial charge in [-0.2, -0.15) is 0 Å². The van der Waals surface area contributed by atoms with Gasteiger partial charge in [0.25, 0.3) is 5.56 Å². The summed E-state index contributed by atoms with van der Waals surface area (Å²) < 4.78 is 18.1. The molecule has 0 aliphatic carbocycles. The molecule has 0 unspecified atom stereocenters. The Kier molecular flexibility index (Phi) is 4.04. The van der Waals surface area contributed by atoms with Crippen LogP contribution in [-0.2, 0) is 16.1 Å². The van der Waals surface area contributed by atoms with Gasteiger partial charge in [-0.1, -0.05) is 18.2 Å². The third-order valence-corrected chi connectivity index (χ3v) is 4.06. The number of para-hydroxylation sites is 2. The molecule has 0 fully saturated rings. The van der Waals surface area contributed by atoms with Crippen LogP contribution < -0.4 is 15.0 Å². The lowest BCUT2D eigenvalue weighted by molar-refractivity contribution is -0.159. The first-order chi connectivity index (χ1) is 12.6. The van der Waals surface area contributed by atoms with Crippen LogP contribution in [-0.4, -0.2) is 27.6 Å². The summed E-state index contributed by atoms with van der Waals surface area (Å²) in [7, 11) is 0. The van der Waals surface area contributed by atoms with E-state index in [0.717, 1.165) is 0 Å². The van der Waals surface area contributed by atoms with Gasteiger partial charge in [0.1, 0.15) is 18.4 Å². The molecule has 3 aromatic rings. The molecule has 1 aromatic carbocycles. The van der Waals surface area contributed by atoms with E-state index in [1.165, 1.54) is 10.5 Å². The van der Waals surface area contributed by atoms with Gasteiger partial charge < -0.3 is 14.2 Å². The fraction of sp³-hybridized carbons (Fsp3) is 0.211. The van der Waals surface area contributed by atoms with E-state index < -0.39 is 18.2 Å². The smallest absolute Gasteiger partial charge is 0.351 e. The molecule has 7 heteroatoms. The third kappa shape index (κ3) is 2.99. The first-order valence-corrected chi connectivity index (χ1v) is 8.18. The van der Waals surface area contributed by atoms with E-state index in [1.54, 1.807) is 49.5 Å². The number of rotatable bonds is 3. The summed E-state index contributed by atoms with van der Waals surface area (Å²) in [4.78, 5) is 28.8. The number of esters is 1. The number of fused-ring (bicyclic) bond motifs is 2. The van der Waals surface area contributed by atoms with Crippen molar-refractivity contribution in [3.05, 3.63) is 70.8 Å². The number of aromatic nitrogens is 2. The zero-order valence-electron chi connectivity index (χ0n) is 14.0. The van der Waals surface area contributed by atoms with Crippen LogP contribution in [0.4, 0.5) is 0 Å². The van der Waals surface area contributed by atoms with E-state index in [4.69, 9.17) is 14.2 Å². The summed E-state index contributed by atoms with van der Waals surface area (Å²) in [5, 5.41) is 0. The van der Waals surface area contributed by atoms with E-state index in [0.29, 0.717) is 22.8 Å². The SMILES string of the molecule is C[C@@H]1Oc2ccccc2O[C@@H]1C(=O)OCc1cc(=O)n2ccccc2n1. The predicted octanol–water partition coefficient (Wildman–Crippen LogP) is 1.97. The minimum absolute atomic E-state index is 0.117. The molecule has 1 aliphatic rings. The van der Waals surface area contributed by atoms with Crippen molar-refractivity contribution in [2.24, 2.45) is 0 Å². The van der Waals surface area contributed by atoms with E-state index in [-0.39, 0.29) is 12.2 Å². The molecule has 4 rings (SSSR count). The molecule has 132 valence electrons. The van der Waals surface area contributed by atoms with Crippen molar-refractivity contribution < 1.29 is 19.0 Å². The summed E-state index contributed by atoms with van der Waals surface area (Å²) in [6, 6.07) is 13.7. The van der Waals surface area contributed by atoms with Crippen LogP contribution in [0.15, 0.2) is 59.5 Å². The number of pyridine rings is 1. The van der Waals surface area contributed by atoms with Gasteiger partial charge in [0, 0.05) is 12.3 Å². The molecular weight excluding hydrogens is 336 g/mol. The first-order valence-electron chi connectivity index (χ1n) is 8.18. The number of hydrogen-bond donors (Lipinski definition) is 0. The predicted molar refractivity (Wildman–Crippen MR) is 92.2 cm³/mol. The highest BCUT2D eigenvalue weighted by atomic mass is 16.6. The Hall–Kier alpha value is -3.35. The maximum atomic E-state index is 12.4. The van der Waals surface area contributed by atoms with Gasteiger partial charge in [-0.15, -0.1) is 0 Å². The number of hydrogen-bond acceptors (Lipinski definition) is 6. The van der Waals surface area contributed by atoms with Gasteiger partial charge in [-0.05, 0) is 31.2 Å². The second-order valence-corrected chi connectivity index (χ2v) is 5.93. The minimum atomic E-state index is -0.883. The Morgan fingerprint density at radius 2 is 1.88 bits per heavy atom. The zero-order valence-corrected chi connectivity index (χ0v) is 14.0. The first kappa shape index (κ1) is 16.1. The fourth-order valence-electron chi connectivity index (χ4n) is 2.78. The van der Waals surface area contributed by atoms with Gasteiger partial charge in [0.15, 0.2) is 11.5 Å². The molecular formula is C19H16N2O5. The van der Waals surface area contributed by atoms with Crippen LogP contribution in [0.3, 0.4) is 0 Å². The highest BCUT2D eigenvalue weighted by Crippen LogP contribution is 2.33. The standard InChI is InChI=1S/C19H16N2O5/c1-12-18(26-15-7-3-2-6-14(15)25-12)19(23)24-11-13-10-17(22)21-9-5-4-8-16(21)20-13/h2-10,12,18H,11H2,1H3/t12-,18-/m0/s1. The molecule has 0 radical (unpaired) electrons. The largest absolute Gasteiger partial charge is 0.482 e. The van der Waals surface area contributed by atoms with E-state index in [9.17, 15) is 9.59 Å². The number of carbonyl (C=O) groups is 1.